The van der Waals surface area contributed by atoms with Crippen LogP contribution in [0.4, 0.5) is 0 Å². The number of carbonyl (C=O) groups excluding carboxylic acids is 1. The first-order valence-electron chi connectivity index (χ1n) is 9.03. The number of hydrogen-bond acceptors (Lipinski definition) is 3. The highest BCUT2D eigenvalue weighted by atomic mass is 16.5. The standard InChI is InChI=1S/C21H26N2O2/c24-21(15-19-10-11-22-16-19)23-12-13-25-20-8-6-18(7-9-20)14-17-4-2-1-3-5-17/h1-9,19,22H,10-16H2,(H,23,24). The Kier molecular flexibility index (Phi) is 6.46. The molecule has 1 amide bonds. The van der Waals surface area contributed by atoms with E-state index in [-0.39, 0.29) is 5.91 Å². The summed E-state index contributed by atoms with van der Waals surface area (Å²) in [7, 11) is 0. The maximum Gasteiger partial charge on any atom is 0.220 e. The fourth-order valence-electron chi connectivity index (χ4n) is 3.12. The molecule has 4 nitrogen and oxygen atoms in total. The average molecular weight is 338 g/mol. The lowest BCUT2D eigenvalue weighted by atomic mass is 10.0. The summed E-state index contributed by atoms with van der Waals surface area (Å²) in [6, 6.07) is 18.6. The van der Waals surface area contributed by atoms with Gasteiger partial charge in [0.1, 0.15) is 12.4 Å². The summed E-state index contributed by atoms with van der Waals surface area (Å²) in [6.07, 6.45) is 2.63. The summed E-state index contributed by atoms with van der Waals surface area (Å²) in [4.78, 5) is 11.8. The molecule has 0 spiro atoms. The second-order valence-corrected chi connectivity index (χ2v) is 6.57. The van der Waals surface area contributed by atoms with Crippen LogP contribution < -0.4 is 15.4 Å². The molecule has 1 aliphatic heterocycles. The van der Waals surface area contributed by atoms with Gasteiger partial charge in [-0.3, -0.25) is 4.79 Å². The van der Waals surface area contributed by atoms with Gasteiger partial charge in [0.2, 0.25) is 5.91 Å². The molecule has 132 valence electrons. The maximum atomic E-state index is 11.8. The van der Waals surface area contributed by atoms with Crippen LogP contribution in [0.3, 0.4) is 0 Å². The Morgan fingerprint density at radius 2 is 1.84 bits per heavy atom. The molecule has 1 fully saturated rings. The van der Waals surface area contributed by atoms with Crippen molar-refractivity contribution < 1.29 is 9.53 Å². The number of carbonyl (C=O) groups is 1. The summed E-state index contributed by atoms with van der Waals surface area (Å²) in [6.45, 7) is 3.03. The first kappa shape index (κ1) is 17.5. The summed E-state index contributed by atoms with van der Waals surface area (Å²) in [5.41, 5.74) is 2.56. The van der Waals surface area contributed by atoms with Crippen molar-refractivity contribution >= 4 is 5.91 Å². The maximum absolute atomic E-state index is 11.8. The van der Waals surface area contributed by atoms with Crippen molar-refractivity contribution in [1.29, 1.82) is 0 Å². The van der Waals surface area contributed by atoms with E-state index in [0.29, 0.717) is 25.5 Å². The zero-order valence-electron chi connectivity index (χ0n) is 14.5. The molecule has 2 N–H and O–H groups in total. The zero-order chi connectivity index (χ0) is 17.3. The third-order valence-electron chi connectivity index (χ3n) is 4.50. The highest BCUT2D eigenvalue weighted by Crippen LogP contribution is 2.15. The topological polar surface area (TPSA) is 50.4 Å². The Bertz CT molecular complexity index is 649. The molecule has 3 rings (SSSR count). The lowest BCUT2D eigenvalue weighted by Crippen LogP contribution is -2.30. The highest BCUT2D eigenvalue weighted by molar-refractivity contribution is 5.76. The molecule has 1 heterocycles. The monoisotopic (exact) mass is 338 g/mol. The van der Waals surface area contributed by atoms with Gasteiger partial charge in [-0.05, 0) is 55.1 Å². The van der Waals surface area contributed by atoms with Crippen LogP contribution in [-0.2, 0) is 11.2 Å². The Morgan fingerprint density at radius 3 is 2.56 bits per heavy atom. The quantitative estimate of drug-likeness (QED) is 0.728. The van der Waals surface area contributed by atoms with Gasteiger partial charge in [0.15, 0.2) is 0 Å². The fourth-order valence-corrected chi connectivity index (χ4v) is 3.12. The second kappa shape index (κ2) is 9.23. The van der Waals surface area contributed by atoms with Crippen LogP contribution in [0.1, 0.15) is 24.0 Å². The van der Waals surface area contributed by atoms with Gasteiger partial charge in [0.25, 0.3) is 0 Å². The van der Waals surface area contributed by atoms with Crippen LogP contribution in [0.2, 0.25) is 0 Å². The largest absolute Gasteiger partial charge is 0.492 e. The number of hydrogen-bond donors (Lipinski definition) is 2. The lowest BCUT2D eigenvalue weighted by molar-refractivity contribution is -0.122. The van der Waals surface area contributed by atoms with E-state index in [1.54, 1.807) is 0 Å². The Labute approximate surface area is 149 Å². The molecule has 2 aromatic rings. The van der Waals surface area contributed by atoms with E-state index >= 15 is 0 Å². The lowest BCUT2D eigenvalue weighted by Gasteiger charge is -2.10. The average Bonchev–Trinajstić information content (AvgIpc) is 3.14. The van der Waals surface area contributed by atoms with E-state index in [1.165, 1.54) is 11.1 Å². The third kappa shape index (κ3) is 5.91. The van der Waals surface area contributed by atoms with Gasteiger partial charge >= 0.3 is 0 Å². The van der Waals surface area contributed by atoms with Crippen LogP contribution in [0, 0.1) is 5.92 Å². The van der Waals surface area contributed by atoms with Gasteiger partial charge in [0.05, 0.1) is 6.54 Å². The van der Waals surface area contributed by atoms with E-state index in [4.69, 9.17) is 4.74 Å². The molecule has 2 aromatic carbocycles. The normalized spacial score (nSPS) is 16.6. The van der Waals surface area contributed by atoms with E-state index in [9.17, 15) is 4.79 Å². The van der Waals surface area contributed by atoms with E-state index < -0.39 is 0 Å². The molecular formula is C21H26N2O2. The summed E-state index contributed by atoms with van der Waals surface area (Å²) < 4.78 is 5.70. The predicted octanol–water partition coefficient (Wildman–Crippen LogP) is 2.77. The first-order chi connectivity index (χ1) is 12.3. The second-order valence-electron chi connectivity index (χ2n) is 6.57. The molecule has 1 saturated heterocycles. The number of rotatable bonds is 8. The van der Waals surface area contributed by atoms with Crippen LogP contribution >= 0.6 is 0 Å². The van der Waals surface area contributed by atoms with Gasteiger partial charge in [-0.25, -0.2) is 0 Å². The first-order valence-corrected chi connectivity index (χ1v) is 9.03. The van der Waals surface area contributed by atoms with Crippen LogP contribution in [0.15, 0.2) is 54.6 Å². The van der Waals surface area contributed by atoms with E-state index in [2.05, 4.69) is 47.0 Å². The number of benzene rings is 2. The molecular weight excluding hydrogens is 312 g/mol. The molecule has 1 atom stereocenters. The summed E-state index contributed by atoms with van der Waals surface area (Å²) >= 11 is 0. The van der Waals surface area contributed by atoms with Crippen molar-refractivity contribution in [3.63, 3.8) is 0 Å². The molecule has 0 aliphatic carbocycles. The smallest absolute Gasteiger partial charge is 0.220 e. The fraction of sp³-hybridized carbons (Fsp3) is 0.381. The minimum absolute atomic E-state index is 0.121. The van der Waals surface area contributed by atoms with Gasteiger partial charge in [-0.1, -0.05) is 42.5 Å². The van der Waals surface area contributed by atoms with Crippen LogP contribution in [-0.4, -0.2) is 32.1 Å². The van der Waals surface area contributed by atoms with Gasteiger partial charge in [-0.15, -0.1) is 0 Å². The molecule has 25 heavy (non-hydrogen) atoms. The molecule has 0 radical (unpaired) electrons. The van der Waals surface area contributed by atoms with Crippen molar-refractivity contribution in [2.75, 3.05) is 26.2 Å². The van der Waals surface area contributed by atoms with Crippen molar-refractivity contribution in [3.05, 3.63) is 65.7 Å². The number of ether oxygens (including phenoxy) is 1. The molecule has 1 aliphatic rings. The Morgan fingerprint density at radius 1 is 1.08 bits per heavy atom. The Balaban J connectivity index is 1.35. The van der Waals surface area contributed by atoms with Crippen molar-refractivity contribution in [2.45, 2.75) is 19.3 Å². The summed E-state index contributed by atoms with van der Waals surface area (Å²) in [5.74, 6) is 1.44. The minimum atomic E-state index is 0.121. The predicted molar refractivity (Wildman–Crippen MR) is 99.8 cm³/mol. The van der Waals surface area contributed by atoms with Crippen molar-refractivity contribution in [2.24, 2.45) is 5.92 Å². The highest BCUT2D eigenvalue weighted by Gasteiger charge is 2.17. The van der Waals surface area contributed by atoms with Gasteiger partial charge in [-0.2, -0.15) is 0 Å². The summed E-state index contributed by atoms with van der Waals surface area (Å²) in [5, 5.41) is 6.21. The molecule has 1 unspecified atom stereocenters. The minimum Gasteiger partial charge on any atom is -0.492 e. The van der Waals surface area contributed by atoms with Gasteiger partial charge < -0.3 is 15.4 Å². The molecule has 0 bridgehead atoms. The zero-order valence-corrected chi connectivity index (χ0v) is 14.5. The molecule has 0 aromatic heterocycles. The van der Waals surface area contributed by atoms with E-state index in [1.807, 2.05) is 18.2 Å². The SMILES string of the molecule is O=C(CC1CCNC1)NCCOc1ccc(Cc2ccccc2)cc1. The van der Waals surface area contributed by atoms with Crippen LogP contribution in [0.5, 0.6) is 5.75 Å². The van der Waals surface area contributed by atoms with Gasteiger partial charge in [0, 0.05) is 6.42 Å². The third-order valence-corrected chi connectivity index (χ3v) is 4.50. The number of nitrogens with one attached hydrogen (secondary N) is 2. The van der Waals surface area contributed by atoms with Crippen LogP contribution in [0.25, 0.3) is 0 Å². The van der Waals surface area contributed by atoms with E-state index in [0.717, 1.165) is 31.7 Å². The number of amides is 1. The van der Waals surface area contributed by atoms with Crippen molar-refractivity contribution in [3.8, 4) is 5.75 Å². The molecule has 4 heteroatoms. The molecule has 0 saturated carbocycles. The Hall–Kier alpha value is -2.33. The van der Waals surface area contributed by atoms with Crippen molar-refractivity contribution in [1.82, 2.24) is 10.6 Å².